The number of nitrogens with two attached hydrogens (primary N) is 1. The second kappa shape index (κ2) is 6.25. The van der Waals surface area contributed by atoms with Gasteiger partial charge < -0.3 is 16.0 Å². The lowest BCUT2D eigenvalue weighted by Gasteiger charge is -2.08. The van der Waals surface area contributed by atoms with Crippen molar-refractivity contribution in [3.8, 4) is 0 Å². The summed E-state index contributed by atoms with van der Waals surface area (Å²) in [6.07, 6.45) is 0. The molecule has 0 amide bonds. The van der Waals surface area contributed by atoms with Gasteiger partial charge in [0.15, 0.2) is 11.6 Å². The zero-order valence-corrected chi connectivity index (χ0v) is 13.4. The molecule has 0 radical (unpaired) electrons. The Balaban J connectivity index is 1.73. The van der Waals surface area contributed by atoms with Crippen LogP contribution in [0.15, 0.2) is 29.6 Å². The molecule has 0 unspecified atom stereocenters. The Morgan fingerprint density at radius 3 is 2.59 bits per heavy atom. The van der Waals surface area contributed by atoms with Crippen LogP contribution in [0.2, 0.25) is 0 Å². The maximum absolute atomic E-state index is 5.96. The number of benzene rings is 1. The Bertz CT molecular complexity index is 783. The number of fused-ring (bicyclic) bond motifs is 1. The molecule has 0 fully saturated rings. The smallest absolute Gasteiger partial charge is 0.169 e. The monoisotopic (exact) mass is 314 g/mol. The van der Waals surface area contributed by atoms with Crippen molar-refractivity contribution in [2.24, 2.45) is 0 Å². The largest absolute Gasteiger partial charge is 0.381 e. The number of hydrogen-bond acceptors (Lipinski definition) is 7. The fourth-order valence-electron chi connectivity index (χ4n) is 2.13. The van der Waals surface area contributed by atoms with Crippen molar-refractivity contribution in [2.45, 2.75) is 13.1 Å². The Kier molecular flexibility index (Phi) is 4.17. The Labute approximate surface area is 133 Å². The normalized spacial score (nSPS) is 11.2. The van der Waals surface area contributed by atoms with Gasteiger partial charge in [-0.2, -0.15) is 0 Å². The molecule has 0 aliphatic carbocycles. The summed E-state index contributed by atoms with van der Waals surface area (Å²) in [6, 6.07) is 7.68. The van der Waals surface area contributed by atoms with E-state index in [2.05, 4.69) is 30.5 Å². The molecule has 3 aromatic rings. The fraction of sp³-hybridized carbons (Fsp3) is 0.267. The number of nitrogens with zero attached hydrogens (tertiary/aromatic N) is 4. The first-order valence-corrected chi connectivity index (χ1v) is 7.84. The van der Waals surface area contributed by atoms with Gasteiger partial charge in [0.05, 0.1) is 23.3 Å². The van der Waals surface area contributed by atoms with Crippen LogP contribution in [0.25, 0.3) is 11.0 Å². The first kappa shape index (κ1) is 14.7. The molecule has 0 bridgehead atoms. The van der Waals surface area contributed by atoms with E-state index in [1.54, 1.807) is 11.3 Å². The van der Waals surface area contributed by atoms with Gasteiger partial charge in [0.1, 0.15) is 5.01 Å². The van der Waals surface area contributed by atoms with Crippen LogP contribution in [0, 0.1) is 0 Å². The maximum Gasteiger partial charge on any atom is 0.169 e. The van der Waals surface area contributed by atoms with Gasteiger partial charge in [0, 0.05) is 11.9 Å². The van der Waals surface area contributed by atoms with Gasteiger partial charge >= 0.3 is 0 Å². The van der Waals surface area contributed by atoms with Gasteiger partial charge in [-0.05, 0) is 26.2 Å². The van der Waals surface area contributed by atoms with E-state index in [0.29, 0.717) is 18.2 Å². The highest BCUT2D eigenvalue weighted by Crippen LogP contribution is 2.20. The van der Waals surface area contributed by atoms with Crippen molar-refractivity contribution in [3.05, 3.63) is 40.3 Å². The van der Waals surface area contributed by atoms with Gasteiger partial charge in [0.2, 0.25) is 0 Å². The fourth-order valence-corrected chi connectivity index (χ4v) is 2.85. The quantitative estimate of drug-likeness (QED) is 0.752. The molecule has 0 saturated carbocycles. The van der Waals surface area contributed by atoms with Crippen molar-refractivity contribution in [3.63, 3.8) is 0 Å². The number of nitrogens with one attached hydrogen (secondary N) is 1. The number of rotatable bonds is 5. The molecular formula is C15H18N6S. The minimum absolute atomic E-state index is 0.406. The second-order valence-corrected chi connectivity index (χ2v) is 6.21. The molecule has 22 heavy (non-hydrogen) atoms. The summed E-state index contributed by atoms with van der Waals surface area (Å²) in [5.74, 6) is 1.01. The minimum Gasteiger partial charge on any atom is -0.381 e. The lowest BCUT2D eigenvalue weighted by molar-refractivity contribution is 0.397. The molecule has 3 rings (SSSR count). The van der Waals surface area contributed by atoms with E-state index in [-0.39, 0.29) is 0 Å². The Hall–Kier alpha value is -2.25. The molecule has 1 aromatic carbocycles. The van der Waals surface area contributed by atoms with E-state index in [1.165, 1.54) is 0 Å². The van der Waals surface area contributed by atoms with E-state index < -0.39 is 0 Å². The first-order chi connectivity index (χ1) is 10.6. The van der Waals surface area contributed by atoms with Crippen LogP contribution in [0.5, 0.6) is 0 Å². The summed E-state index contributed by atoms with van der Waals surface area (Å²) >= 11 is 1.63. The number of para-hydroxylation sites is 2. The van der Waals surface area contributed by atoms with Gasteiger partial charge in [-0.1, -0.05) is 12.1 Å². The standard InChI is InChI=1S/C15H18N6S/c1-21(2)8-10-9-22-13(18-10)7-17-15-14(16)19-11-5-3-4-6-12(11)20-15/h3-6,9H,7-8H2,1-2H3,(H2,16,19)(H,17,20). The summed E-state index contributed by atoms with van der Waals surface area (Å²) in [6.45, 7) is 1.43. The van der Waals surface area contributed by atoms with Crippen LogP contribution >= 0.6 is 11.3 Å². The lowest BCUT2D eigenvalue weighted by Crippen LogP contribution is -2.11. The summed E-state index contributed by atoms with van der Waals surface area (Å²) in [5, 5.41) is 6.31. The molecule has 0 aliphatic rings. The van der Waals surface area contributed by atoms with Crippen molar-refractivity contribution in [2.75, 3.05) is 25.1 Å². The van der Waals surface area contributed by atoms with Crippen molar-refractivity contribution in [1.29, 1.82) is 0 Å². The highest BCUT2D eigenvalue weighted by Gasteiger charge is 2.07. The summed E-state index contributed by atoms with van der Waals surface area (Å²) < 4.78 is 0. The number of hydrogen-bond donors (Lipinski definition) is 2. The van der Waals surface area contributed by atoms with E-state index in [4.69, 9.17) is 5.73 Å². The van der Waals surface area contributed by atoms with Gasteiger partial charge in [-0.15, -0.1) is 11.3 Å². The van der Waals surface area contributed by atoms with Gasteiger partial charge in [0.25, 0.3) is 0 Å². The van der Waals surface area contributed by atoms with Crippen molar-refractivity contribution < 1.29 is 0 Å². The molecule has 6 nitrogen and oxygen atoms in total. The third-order valence-electron chi connectivity index (χ3n) is 3.08. The third-order valence-corrected chi connectivity index (χ3v) is 3.98. The molecular weight excluding hydrogens is 296 g/mol. The predicted octanol–water partition coefficient (Wildman–Crippen LogP) is 2.34. The molecule has 2 heterocycles. The average molecular weight is 314 g/mol. The van der Waals surface area contributed by atoms with Crippen LogP contribution in [-0.2, 0) is 13.1 Å². The Morgan fingerprint density at radius 2 is 1.86 bits per heavy atom. The SMILES string of the molecule is CN(C)Cc1csc(CNc2nc3ccccc3nc2N)n1. The minimum atomic E-state index is 0.406. The van der Waals surface area contributed by atoms with Gasteiger partial charge in [-0.3, -0.25) is 0 Å². The molecule has 2 aromatic heterocycles. The molecule has 0 atom stereocenters. The lowest BCUT2D eigenvalue weighted by atomic mass is 10.3. The zero-order valence-electron chi connectivity index (χ0n) is 12.6. The molecule has 114 valence electrons. The Morgan fingerprint density at radius 1 is 1.14 bits per heavy atom. The summed E-state index contributed by atoms with van der Waals surface area (Å²) in [7, 11) is 4.06. The maximum atomic E-state index is 5.96. The average Bonchev–Trinajstić information content (AvgIpc) is 2.91. The van der Waals surface area contributed by atoms with Crippen LogP contribution < -0.4 is 11.1 Å². The number of nitrogen functional groups attached to an aromatic ring is 1. The van der Waals surface area contributed by atoms with E-state index >= 15 is 0 Å². The van der Waals surface area contributed by atoms with E-state index in [1.807, 2.05) is 38.4 Å². The van der Waals surface area contributed by atoms with E-state index in [9.17, 15) is 0 Å². The number of anilines is 2. The second-order valence-electron chi connectivity index (χ2n) is 5.27. The molecule has 0 saturated heterocycles. The number of thiazole rings is 1. The third kappa shape index (κ3) is 3.32. The highest BCUT2D eigenvalue weighted by atomic mass is 32.1. The topological polar surface area (TPSA) is 80.0 Å². The predicted molar refractivity (Wildman–Crippen MR) is 90.8 cm³/mol. The summed E-state index contributed by atoms with van der Waals surface area (Å²) in [5.41, 5.74) is 8.66. The summed E-state index contributed by atoms with van der Waals surface area (Å²) in [4.78, 5) is 15.6. The number of aromatic nitrogens is 3. The van der Waals surface area contributed by atoms with Crippen LogP contribution in [-0.4, -0.2) is 33.9 Å². The van der Waals surface area contributed by atoms with Crippen LogP contribution in [0.1, 0.15) is 10.7 Å². The van der Waals surface area contributed by atoms with E-state index in [0.717, 1.165) is 28.3 Å². The van der Waals surface area contributed by atoms with Crippen LogP contribution in [0.3, 0.4) is 0 Å². The van der Waals surface area contributed by atoms with Gasteiger partial charge in [-0.25, -0.2) is 15.0 Å². The highest BCUT2D eigenvalue weighted by molar-refractivity contribution is 7.09. The van der Waals surface area contributed by atoms with Crippen LogP contribution in [0.4, 0.5) is 11.6 Å². The van der Waals surface area contributed by atoms with Crippen molar-refractivity contribution in [1.82, 2.24) is 19.9 Å². The first-order valence-electron chi connectivity index (χ1n) is 6.96. The molecule has 0 spiro atoms. The zero-order chi connectivity index (χ0) is 15.5. The molecule has 0 aliphatic heterocycles. The molecule has 3 N–H and O–H groups in total. The molecule has 7 heteroatoms. The van der Waals surface area contributed by atoms with Crippen molar-refractivity contribution >= 4 is 34.0 Å².